The molecule has 2 heterocycles. The SMILES string of the molecule is CCNC(=NCCCc1c[nH]c2ccccc12)NC1CCN(C(=O)CC)C1.I. The summed E-state index contributed by atoms with van der Waals surface area (Å²) in [6, 6.07) is 8.70. The summed E-state index contributed by atoms with van der Waals surface area (Å²) in [5, 5.41) is 8.11. The Hall–Kier alpha value is -1.77. The number of aromatic amines is 1. The number of nitrogens with one attached hydrogen (secondary N) is 3. The Balaban J connectivity index is 0.00000280. The molecule has 0 bridgehead atoms. The molecule has 1 fully saturated rings. The van der Waals surface area contributed by atoms with E-state index in [4.69, 9.17) is 4.99 Å². The number of nitrogens with zero attached hydrogens (tertiary/aromatic N) is 2. The van der Waals surface area contributed by atoms with E-state index < -0.39 is 0 Å². The second-order valence-corrected chi connectivity index (χ2v) is 7.05. The van der Waals surface area contributed by atoms with Crippen molar-refractivity contribution in [3.8, 4) is 0 Å². The number of aryl methyl sites for hydroxylation is 1. The molecule has 1 aromatic carbocycles. The molecular weight excluding hydrogens is 465 g/mol. The molecule has 7 heteroatoms. The third kappa shape index (κ3) is 5.86. The molecular formula is C21H32IN5O. The second-order valence-electron chi connectivity index (χ2n) is 7.05. The molecule has 0 spiro atoms. The van der Waals surface area contributed by atoms with Crippen LogP contribution in [-0.2, 0) is 11.2 Å². The summed E-state index contributed by atoms with van der Waals surface area (Å²) >= 11 is 0. The van der Waals surface area contributed by atoms with E-state index in [-0.39, 0.29) is 35.9 Å². The van der Waals surface area contributed by atoms with E-state index in [1.54, 1.807) is 0 Å². The third-order valence-corrected chi connectivity index (χ3v) is 5.08. The minimum absolute atomic E-state index is 0. The van der Waals surface area contributed by atoms with Crippen LogP contribution in [0.25, 0.3) is 10.9 Å². The summed E-state index contributed by atoms with van der Waals surface area (Å²) in [5.41, 5.74) is 2.54. The van der Waals surface area contributed by atoms with Crippen LogP contribution in [0.1, 0.15) is 38.7 Å². The lowest BCUT2D eigenvalue weighted by Gasteiger charge is -2.18. The topological polar surface area (TPSA) is 72.5 Å². The molecule has 1 aliphatic rings. The van der Waals surface area contributed by atoms with E-state index in [9.17, 15) is 4.79 Å². The Morgan fingerprint density at radius 2 is 2.14 bits per heavy atom. The molecule has 0 radical (unpaired) electrons. The number of aliphatic imine (C=N–C) groups is 1. The predicted molar refractivity (Wildman–Crippen MR) is 126 cm³/mol. The van der Waals surface area contributed by atoms with Gasteiger partial charge in [0.05, 0.1) is 0 Å². The van der Waals surface area contributed by atoms with Gasteiger partial charge < -0.3 is 20.5 Å². The Bertz CT molecular complexity index is 788. The molecule has 1 saturated heterocycles. The van der Waals surface area contributed by atoms with Crippen molar-refractivity contribution >= 4 is 46.7 Å². The monoisotopic (exact) mass is 497 g/mol. The van der Waals surface area contributed by atoms with Crippen LogP contribution in [0.4, 0.5) is 0 Å². The number of carbonyl (C=O) groups excluding carboxylic acids is 1. The molecule has 0 saturated carbocycles. The number of likely N-dealkylation sites (tertiary alicyclic amines) is 1. The van der Waals surface area contributed by atoms with Crippen LogP contribution in [0, 0.1) is 0 Å². The molecule has 28 heavy (non-hydrogen) atoms. The number of carbonyl (C=O) groups is 1. The molecule has 3 rings (SSSR count). The van der Waals surface area contributed by atoms with Gasteiger partial charge in [0.25, 0.3) is 0 Å². The zero-order chi connectivity index (χ0) is 19.1. The first-order chi connectivity index (χ1) is 13.2. The number of hydrogen-bond donors (Lipinski definition) is 3. The number of hydrogen-bond acceptors (Lipinski definition) is 2. The quantitative estimate of drug-likeness (QED) is 0.238. The highest BCUT2D eigenvalue weighted by atomic mass is 127. The van der Waals surface area contributed by atoms with Gasteiger partial charge in [-0.2, -0.15) is 0 Å². The van der Waals surface area contributed by atoms with Crippen molar-refractivity contribution < 1.29 is 4.79 Å². The highest BCUT2D eigenvalue weighted by molar-refractivity contribution is 14.0. The van der Waals surface area contributed by atoms with E-state index in [0.29, 0.717) is 6.42 Å². The molecule has 1 aromatic heterocycles. The van der Waals surface area contributed by atoms with Gasteiger partial charge in [-0.25, -0.2) is 0 Å². The molecule has 1 atom stereocenters. The molecule has 1 aliphatic heterocycles. The van der Waals surface area contributed by atoms with Gasteiger partial charge >= 0.3 is 0 Å². The largest absolute Gasteiger partial charge is 0.361 e. The summed E-state index contributed by atoms with van der Waals surface area (Å²) in [5.74, 6) is 1.09. The number of amides is 1. The van der Waals surface area contributed by atoms with Gasteiger partial charge in [-0.3, -0.25) is 9.79 Å². The van der Waals surface area contributed by atoms with Crippen LogP contribution in [0.15, 0.2) is 35.5 Å². The minimum Gasteiger partial charge on any atom is -0.361 e. The van der Waals surface area contributed by atoms with E-state index in [2.05, 4.69) is 53.0 Å². The van der Waals surface area contributed by atoms with Crippen LogP contribution in [0.3, 0.4) is 0 Å². The van der Waals surface area contributed by atoms with Crippen molar-refractivity contribution in [2.75, 3.05) is 26.2 Å². The third-order valence-electron chi connectivity index (χ3n) is 5.08. The van der Waals surface area contributed by atoms with E-state index in [1.165, 1.54) is 16.5 Å². The zero-order valence-electron chi connectivity index (χ0n) is 16.8. The maximum absolute atomic E-state index is 11.8. The summed E-state index contributed by atoms with van der Waals surface area (Å²) < 4.78 is 0. The standard InChI is InChI=1S/C21H31N5O.HI/c1-3-20(27)26-13-11-17(15-26)25-21(22-4-2)23-12-7-8-16-14-24-19-10-6-5-9-18(16)19;/h5-6,9-10,14,17,24H,3-4,7-8,11-13,15H2,1-2H3,(H2,22,23,25);1H. The van der Waals surface area contributed by atoms with E-state index in [0.717, 1.165) is 51.4 Å². The minimum atomic E-state index is 0. The molecule has 2 aromatic rings. The summed E-state index contributed by atoms with van der Waals surface area (Å²) in [6.07, 6.45) is 5.68. The molecule has 1 amide bonds. The first-order valence-corrected chi connectivity index (χ1v) is 10.1. The smallest absolute Gasteiger partial charge is 0.222 e. The number of halogens is 1. The van der Waals surface area contributed by atoms with Crippen molar-refractivity contribution in [2.45, 2.75) is 45.6 Å². The fraction of sp³-hybridized carbons (Fsp3) is 0.524. The number of benzene rings is 1. The number of rotatable bonds is 7. The Labute approximate surface area is 184 Å². The molecule has 154 valence electrons. The van der Waals surface area contributed by atoms with Crippen LogP contribution in [-0.4, -0.2) is 54.0 Å². The van der Waals surface area contributed by atoms with Crippen LogP contribution in [0.5, 0.6) is 0 Å². The number of aromatic nitrogens is 1. The van der Waals surface area contributed by atoms with Gasteiger partial charge in [0.1, 0.15) is 0 Å². The lowest BCUT2D eigenvalue weighted by atomic mass is 10.1. The van der Waals surface area contributed by atoms with Gasteiger partial charge in [0.2, 0.25) is 5.91 Å². The lowest BCUT2D eigenvalue weighted by Crippen LogP contribution is -2.45. The van der Waals surface area contributed by atoms with E-state index >= 15 is 0 Å². The van der Waals surface area contributed by atoms with Crippen molar-refractivity contribution in [3.05, 3.63) is 36.0 Å². The average Bonchev–Trinajstić information content (AvgIpc) is 3.32. The number of guanidine groups is 1. The summed E-state index contributed by atoms with van der Waals surface area (Å²) in [6.45, 7) is 7.21. The van der Waals surface area contributed by atoms with Gasteiger partial charge in [-0.15, -0.1) is 24.0 Å². The Morgan fingerprint density at radius 1 is 1.32 bits per heavy atom. The number of fused-ring (bicyclic) bond motifs is 1. The molecule has 6 nitrogen and oxygen atoms in total. The fourth-order valence-electron chi connectivity index (χ4n) is 3.64. The van der Waals surface area contributed by atoms with Crippen LogP contribution in [0.2, 0.25) is 0 Å². The summed E-state index contributed by atoms with van der Waals surface area (Å²) in [7, 11) is 0. The van der Waals surface area contributed by atoms with Crippen LogP contribution >= 0.6 is 24.0 Å². The molecule has 1 unspecified atom stereocenters. The molecule has 0 aliphatic carbocycles. The van der Waals surface area contributed by atoms with Crippen molar-refractivity contribution in [1.29, 1.82) is 0 Å². The Kier molecular flexibility index (Phi) is 9.08. The van der Waals surface area contributed by atoms with E-state index in [1.807, 2.05) is 11.8 Å². The first kappa shape index (κ1) is 22.5. The highest BCUT2D eigenvalue weighted by Crippen LogP contribution is 2.18. The summed E-state index contributed by atoms with van der Waals surface area (Å²) in [4.78, 5) is 21.8. The molecule has 3 N–H and O–H groups in total. The van der Waals surface area contributed by atoms with Crippen LogP contribution < -0.4 is 10.6 Å². The Morgan fingerprint density at radius 3 is 2.93 bits per heavy atom. The fourth-order valence-corrected chi connectivity index (χ4v) is 3.64. The van der Waals surface area contributed by atoms with Crippen molar-refractivity contribution in [3.63, 3.8) is 0 Å². The van der Waals surface area contributed by atoms with Gasteiger partial charge in [0, 0.05) is 55.7 Å². The van der Waals surface area contributed by atoms with Gasteiger partial charge in [0.15, 0.2) is 5.96 Å². The highest BCUT2D eigenvalue weighted by Gasteiger charge is 2.25. The predicted octanol–water partition coefficient (Wildman–Crippen LogP) is 3.28. The van der Waals surface area contributed by atoms with Crippen molar-refractivity contribution in [1.82, 2.24) is 20.5 Å². The maximum Gasteiger partial charge on any atom is 0.222 e. The van der Waals surface area contributed by atoms with Gasteiger partial charge in [-0.1, -0.05) is 25.1 Å². The second kappa shape index (κ2) is 11.3. The van der Waals surface area contributed by atoms with Crippen molar-refractivity contribution in [2.24, 2.45) is 4.99 Å². The number of para-hydroxylation sites is 1. The average molecular weight is 497 g/mol. The lowest BCUT2D eigenvalue weighted by molar-refractivity contribution is -0.129. The van der Waals surface area contributed by atoms with Gasteiger partial charge in [-0.05, 0) is 37.8 Å². The zero-order valence-corrected chi connectivity index (χ0v) is 19.2. The number of H-pyrrole nitrogens is 1. The normalized spacial score (nSPS) is 16.9. The maximum atomic E-state index is 11.8. The first-order valence-electron chi connectivity index (χ1n) is 10.1.